The summed E-state index contributed by atoms with van der Waals surface area (Å²) in [5.74, 6) is 0.462. The van der Waals surface area contributed by atoms with Crippen LogP contribution in [-0.4, -0.2) is 47.4 Å². The molecule has 5 aromatic rings. The summed E-state index contributed by atoms with van der Waals surface area (Å²) >= 11 is 0. The lowest BCUT2D eigenvalue weighted by Gasteiger charge is -2.26. The minimum Gasteiger partial charge on any atom is -0.488 e. The Hall–Kier alpha value is -4.92. The molecule has 0 radical (unpaired) electrons. The molecule has 0 unspecified atom stereocenters. The summed E-state index contributed by atoms with van der Waals surface area (Å²) in [5, 5.41) is 14.2. The minimum absolute atomic E-state index is 0.0949. The molecular weight excluding hydrogens is 580 g/mol. The van der Waals surface area contributed by atoms with Crippen LogP contribution in [0.4, 0.5) is 0 Å². The van der Waals surface area contributed by atoms with Crippen LogP contribution >= 0.6 is 0 Å². The average molecular weight is 619 g/mol. The summed E-state index contributed by atoms with van der Waals surface area (Å²) < 4.78 is 24.2. The number of hydrogen-bond acceptors (Lipinski definition) is 7. The molecule has 4 aromatic carbocycles. The number of morpholine rings is 1. The van der Waals surface area contributed by atoms with E-state index in [0.717, 1.165) is 55.1 Å². The SMILES string of the molecule is CC(C)c1cc(-c2onc(C(=O)O)c2-c2ccc(CN3CCOCC3)cc2)c(OCc2ccccc2)cc1OCc1ccccc1. The first-order chi connectivity index (χ1) is 22.5. The second-order valence-electron chi connectivity index (χ2n) is 11.7. The van der Waals surface area contributed by atoms with Crippen LogP contribution in [0.3, 0.4) is 0 Å². The van der Waals surface area contributed by atoms with Gasteiger partial charge < -0.3 is 23.8 Å². The normalized spacial score (nSPS) is 13.5. The third kappa shape index (κ3) is 7.30. The van der Waals surface area contributed by atoms with Crippen molar-refractivity contribution in [3.05, 3.63) is 125 Å². The monoisotopic (exact) mass is 618 g/mol. The topological polar surface area (TPSA) is 94.3 Å². The summed E-state index contributed by atoms with van der Waals surface area (Å²) in [6.07, 6.45) is 0. The Kier molecular flexibility index (Phi) is 9.76. The van der Waals surface area contributed by atoms with Crippen molar-refractivity contribution in [2.75, 3.05) is 26.3 Å². The smallest absolute Gasteiger partial charge is 0.358 e. The Labute approximate surface area is 269 Å². The lowest BCUT2D eigenvalue weighted by Crippen LogP contribution is -2.35. The van der Waals surface area contributed by atoms with Crippen LogP contribution in [0, 0.1) is 0 Å². The standard InChI is InChI=1S/C38H38N2O6/c1-26(2)31-21-32(34(45-25-29-11-7-4-8-12-29)22-33(31)44-24-28-9-5-3-6-10-28)37-35(36(38(41)42)39-46-37)30-15-13-27(14-16-30)23-40-17-19-43-20-18-40/h3-16,21-22,26H,17-20,23-25H2,1-2H3,(H,41,42). The van der Waals surface area contributed by atoms with Gasteiger partial charge in [0.1, 0.15) is 24.7 Å². The van der Waals surface area contributed by atoms with Crippen molar-refractivity contribution >= 4 is 5.97 Å². The number of benzene rings is 4. The van der Waals surface area contributed by atoms with Gasteiger partial charge in [0.15, 0.2) is 11.5 Å². The number of carboxylic acid groups (broad SMARTS) is 1. The van der Waals surface area contributed by atoms with Gasteiger partial charge in [-0.25, -0.2) is 4.79 Å². The van der Waals surface area contributed by atoms with Gasteiger partial charge in [-0.05, 0) is 39.8 Å². The highest BCUT2D eigenvalue weighted by Crippen LogP contribution is 2.44. The van der Waals surface area contributed by atoms with E-state index in [4.69, 9.17) is 18.7 Å². The van der Waals surface area contributed by atoms with E-state index in [1.807, 2.05) is 97.1 Å². The molecule has 1 aromatic heterocycles. The molecular formula is C38H38N2O6. The fourth-order valence-corrected chi connectivity index (χ4v) is 5.60. The Morgan fingerprint density at radius 3 is 2.02 bits per heavy atom. The lowest BCUT2D eigenvalue weighted by molar-refractivity contribution is 0.0342. The van der Waals surface area contributed by atoms with E-state index in [0.29, 0.717) is 47.2 Å². The van der Waals surface area contributed by atoms with Crippen LogP contribution in [0.2, 0.25) is 0 Å². The van der Waals surface area contributed by atoms with E-state index in [2.05, 4.69) is 23.9 Å². The Morgan fingerprint density at radius 1 is 0.826 bits per heavy atom. The molecule has 8 heteroatoms. The molecule has 0 saturated carbocycles. The van der Waals surface area contributed by atoms with Gasteiger partial charge >= 0.3 is 5.97 Å². The van der Waals surface area contributed by atoms with Crippen LogP contribution < -0.4 is 9.47 Å². The van der Waals surface area contributed by atoms with Crippen molar-refractivity contribution in [1.82, 2.24) is 10.1 Å². The number of carbonyl (C=O) groups is 1. The van der Waals surface area contributed by atoms with E-state index >= 15 is 0 Å². The molecule has 0 atom stereocenters. The van der Waals surface area contributed by atoms with Gasteiger partial charge in [0.05, 0.1) is 24.3 Å². The fraction of sp³-hybridized carbons (Fsp3) is 0.263. The van der Waals surface area contributed by atoms with Gasteiger partial charge in [0.2, 0.25) is 0 Å². The number of ether oxygens (including phenoxy) is 3. The van der Waals surface area contributed by atoms with Crippen LogP contribution in [-0.2, 0) is 24.5 Å². The van der Waals surface area contributed by atoms with E-state index in [9.17, 15) is 9.90 Å². The number of hydrogen-bond donors (Lipinski definition) is 1. The molecule has 0 aliphatic carbocycles. The first kappa shape index (κ1) is 31.1. The van der Waals surface area contributed by atoms with Crippen molar-refractivity contribution in [3.63, 3.8) is 0 Å². The van der Waals surface area contributed by atoms with Gasteiger partial charge in [0.25, 0.3) is 0 Å². The maximum Gasteiger partial charge on any atom is 0.358 e. The highest BCUT2D eigenvalue weighted by molar-refractivity contribution is 5.99. The van der Waals surface area contributed by atoms with Crippen molar-refractivity contribution in [2.24, 2.45) is 0 Å². The van der Waals surface area contributed by atoms with E-state index in [1.165, 1.54) is 0 Å². The Morgan fingerprint density at radius 2 is 1.43 bits per heavy atom. The summed E-state index contributed by atoms with van der Waals surface area (Å²) in [5.41, 5.74) is 5.68. The molecule has 1 N–H and O–H groups in total. The highest BCUT2D eigenvalue weighted by atomic mass is 16.5. The Balaban J connectivity index is 1.41. The average Bonchev–Trinajstić information content (AvgIpc) is 3.53. The molecule has 0 bridgehead atoms. The molecule has 1 saturated heterocycles. The van der Waals surface area contributed by atoms with Gasteiger partial charge in [-0.1, -0.05) is 104 Å². The number of carboxylic acids is 1. The first-order valence-electron chi connectivity index (χ1n) is 15.6. The van der Waals surface area contributed by atoms with Crippen LogP contribution in [0.15, 0.2) is 102 Å². The summed E-state index contributed by atoms with van der Waals surface area (Å²) in [6, 6.07) is 31.7. The van der Waals surface area contributed by atoms with Gasteiger partial charge in [-0.15, -0.1) is 0 Å². The quantitative estimate of drug-likeness (QED) is 0.151. The van der Waals surface area contributed by atoms with Crippen LogP contribution in [0.25, 0.3) is 22.5 Å². The maximum absolute atomic E-state index is 12.4. The molecule has 8 nitrogen and oxygen atoms in total. The largest absolute Gasteiger partial charge is 0.488 e. The fourth-order valence-electron chi connectivity index (χ4n) is 5.60. The van der Waals surface area contributed by atoms with E-state index < -0.39 is 5.97 Å². The zero-order valence-electron chi connectivity index (χ0n) is 26.1. The van der Waals surface area contributed by atoms with Gasteiger partial charge in [-0.2, -0.15) is 0 Å². The van der Waals surface area contributed by atoms with Gasteiger partial charge in [0, 0.05) is 25.7 Å². The van der Waals surface area contributed by atoms with Crippen molar-refractivity contribution in [2.45, 2.75) is 39.5 Å². The summed E-state index contributed by atoms with van der Waals surface area (Å²) in [7, 11) is 0. The third-order valence-corrected chi connectivity index (χ3v) is 8.10. The van der Waals surface area contributed by atoms with E-state index in [1.54, 1.807) is 0 Å². The molecule has 1 aliphatic rings. The summed E-state index contributed by atoms with van der Waals surface area (Å²) in [6.45, 7) is 8.91. The lowest BCUT2D eigenvalue weighted by atomic mass is 9.94. The molecule has 46 heavy (non-hydrogen) atoms. The Bertz CT molecular complexity index is 1740. The highest BCUT2D eigenvalue weighted by Gasteiger charge is 2.28. The predicted octanol–water partition coefficient (Wildman–Crippen LogP) is 7.82. The van der Waals surface area contributed by atoms with Crippen molar-refractivity contribution < 1.29 is 28.6 Å². The van der Waals surface area contributed by atoms with E-state index in [-0.39, 0.29) is 11.6 Å². The molecule has 1 fully saturated rings. The molecule has 2 heterocycles. The second kappa shape index (κ2) is 14.5. The number of rotatable bonds is 12. The minimum atomic E-state index is -1.17. The maximum atomic E-state index is 12.4. The first-order valence-corrected chi connectivity index (χ1v) is 15.6. The molecule has 236 valence electrons. The zero-order valence-corrected chi connectivity index (χ0v) is 26.1. The molecule has 0 amide bonds. The second-order valence-corrected chi connectivity index (χ2v) is 11.7. The van der Waals surface area contributed by atoms with Crippen molar-refractivity contribution in [3.8, 4) is 33.9 Å². The molecule has 0 spiro atoms. The summed E-state index contributed by atoms with van der Waals surface area (Å²) in [4.78, 5) is 14.8. The van der Waals surface area contributed by atoms with Gasteiger partial charge in [-0.3, -0.25) is 4.90 Å². The number of aromatic carboxylic acids is 1. The number of aromatic nitrogens is 1. The molecule has 1 aliphatic heterocycles. The third-order valence-electron chi connectivity index (χ3n) is 8.10. The van der Waals surface area contributed by atoms with Crippen molar-refractivity contribution in [1.29, 1.82) is 0 Å². The van der Waals surface area contributed by atoms with Crippen LogP contribution in [0.5, 0.6) is 11.5 Å². The predicted molar refractivity (Wildman–Crippen MR) is 176 cm³/mol. The molecule has 6 rings (SSSR count). The van der Waals surface area contributed by atoms with Crippen LogP contribution in [0.1, 0.15) is 52.5 Å². The zero-order chi connectivity index (χ0) is 31.9. The number of nitrogens with zero attached hydrogens (tertiary/aromatic N) is 2.